The lowest BCUT2D eigenvalue weighted by atomic mass is 9.79. The Morgan fingerprint density at radius 1 is 1.33 bits per heavy atom. The second-order valence-electron chi connectivity index (χ2n) is 5.42. The predicted octanol–water partition coefficient (Wildman–Crippen LogP) is 1.40. The molecule has 2 fully saturated rings. The summed E-state index contributed by atoms with van der Waals surface area (Å²) in [5, 5.41) is 3.34. The van der Waals surface area contributed by atoms with Crippen molar-refractivity contribution in [2.75, 3.05) is 19.3 Å². The number of carbonyl (C=O) groups excluding carboxylic acids is 2. The van der Waals surface area contributed by atoms with E-state index in [0.29, 0.717) is 11.8 Å². The number of thioether (sulfide) groups is 1. The molecule has 1 spiro atoms. The van der Waals surface area contributed by atoms with Gasteiger partial charge in [-0.15, -0.1) is 0 Å². The summed E-state index contributed by atoms with van der Waals surface area (Å²) in [6, 6.07) is 0. The molecule has 0 aromatic heterocycles. The van der Waals surface area contributed by atoms with Crippen molar-refractivity contribution in [2.45, 2.75) is 49.8 Å². The van der Waals surface area contributed by atoms with Gasteiger partial charge < -0.3 is 10.2 Å². The van der Waals surface area contributed by atoms with E-state index in [1.807, 2.05) is 6.26 Å². The molecule has 0 bridgehead atoms. The number of rotatable bonds is 3. The van der Waals surface area contributed by atoms with Crippen molar-refractivity contribution in [3.05, 3.63) is 0 Å². The fraction of sp³-hybridized carbons (Fsp3) is 0.846. The summed E-state index contributed by atoms with van der Waals surface area (Å²) in [6.45, 7) is 3.00. The van der Waals surface area contributed by atoms with Crippen LogP contribution in [0.15, 0.2) is 0 Å². The lowest BCUT2D eigenvalue weighted by Gasteiger charge is -2.44. The van der Waals surface area contributed by atoms with E-state index in [2.05, 4.69) is 12.2 Å². The van der Waals surface area contributed by atoms with Crippen molar-refractivity contribution in [2.24, 2.45) is 0 Å². The molecule has 4 nitrogen and oxygen atoms in total. The summed E-state index contributed by atoms with van der Waals surface area (Å²) in [6.07, 6.45) is 6.90. The Labute approximate surface area is 113 Å². The van der Waals surface area contributed by atoms with Gasteiger partial charge in [-0.2, -0.15) is 11.8 Å². The standard InChI is InChI=1S/C13H22N2O2S/c1-10(18-2)8-15-9-11(16)14-13(12(15)17)6-4-3-5-7-13/h10H,3-9H2,1-2H3,(H,14,16). The minimum Gasteiger partial charge on any atom is -0.340 e. The Morgan fingerprint density at radius 2 is 2.00 bits per heavy atom. The first-order chi connectivity index (χ1) is 8.57. The average Bonchev–Trinajstić information content (AvgIpc) is 2.36. The van der Waals surface area contributed by atoms with Gasteiger partial charge in [-0.25, -0.2) is 0 Å². The minimum atomic E-state index is -0.578. The Balaban J connectivity index is 2.12. The van der Waals surface area contributed by atoms with Crippen LogP contribution in [0, 0.1) is 0 Å². The maximum absolute atomic E-state index is 12.6. The molecule has 102 valence electrons. The molecule has 1 heterocycles. The summed E-state index contributed by atoms with van der Waals surface area (Å²) in [5.41, 5.74) is -0.578. The third-order valence-corrected chi connectivity index (χ3v) is 4.95. The molecule has 1 atom stereocenters. The third-order valence-electron chi connectivity index (χ3n) is 4.00. The quantitative estimate of drug-likeness (QED) is 0.843. The first-order valence-corrected chi connectivity index (χ1v) is 7.99. The first-order valence-electron chi connectivity index (χ1n) is 6.70. The third kappa shape index (κ3) is 2.66. The predicted molar refractivity (Wildman–Crippen MR) is 73.5 cm³/mol. The fourth-order valence-corrected chi connectivity index (χ4v) is 3.26. The van der Waals surface area contributed by atoms with Gasteiger partial charge in [0.2, 0.25) is 11.8 Å². The van der Waals surface area contributed by atoms with Crippen LogP contribution in [0.5, 0.6) is 0 Å². The summed E-state index contributed by atoms with van der Waals surface area (Å²) < 4.78 is 0. The Bertz CT molecular complexity index is 340. The molecule has 1 N–H and O–H groups in total. The molecule has 1 saturated heterocycles. The van der Waals surface area contributed by atoms with Gasteiger partial charge in [0.15, 0.2) is 0 Å². The van der Waals surface area contributed by atoms with E-state index < -0.39 is 5.54 Å². The van der Waals surface area contributed by atoms with Crippen LogP contribution in [0.4, 0.5) is 0 Å². The van der Waals surface area contributed by atoms with Crippen molar-refractivity contribution in [1.82, 2.24) is 10.2 Å². The van der Waals surface area contributed by atoms with Crippen LogP contribution in [0.2, 0.25) is 0 Å². The van der Waals surface area contributed by atoms with Crippen LogP contribution in [0.1, 0.15) is 39.0 Å². The van der Waals surface area contributed by atoms with Gasteiger partial charge in [0.05, 0.1) is 6.54 Å². The number of carbonyl (C=O) groups is 2. The lowest BCUT2D eigenvalue weighted by molar-refractivity contribution is -0.151. The minimum absolute atomic E-state index is 0.00445. The zero-order valence-electron chi connectivity index (χ0n) is 11.2. The van der Waals surface area contributed by atoms with Gasteiger partial charge in [-0.3, -0.25) is 9.59 Å². The van der Waals surface area contributed by atoms with Crippen molar-refractivity contribution in [3.8, 4) is 0 Å². The molecule has 5 heteroatoms. The van der Waals surface area contributed by atoms with Gasteiger partial charge in [-0.05, 0) is 19.1 Å². The molecule has 2 amide bonds. The molecule has 0 radical (unpaired) electrons. The number of hydrogen-bond donors (Lipinski definition) is 1. The van der Waals surface area contributed by atoms with Gasteiger partial charge in [0, 0.05) is 11.8 Å². The molecule has 2 rings (SSSR count). The number of nitrogens with zero attached hydrogens (tertiary/aromatic N) is 1. The highest BCUT2D eigenvalue weighted by molar-refractivity contribution is 7.99. The Kier molecular flexibility index (Phi) is 4.20. The van der Waals surface area contributed by atoms with Crippen LogP contribution in [0.25, 0.3) is 0 Å². The zero-order valence-corrected chi connectivity index (χ0v) is 12.0. The monoisotopic (exact) mass is 270 g/mol. The van der Waals surface area contributed by atoms with Crippen LogP contribution in [0.3, 0.4) is 0 Å². The molecule has 1 unspecified atom stereocenters. The largest absolute Gasteiger partial charge is 0.340 e. The van der Waals surface area contributed by atoms with Crippen LogP contribution >= 0.6 is 11.8 Å². The fourth-order valence-electron chi connectivity index (χ4n) is 2.93. The van der Waals surface area contributed by atoms with Crippen LogP contribution in [-0.2, 0) is 9.59 Å². The smallest absolute Gasteiger partial charge is 0.248 e. The van der Waals surface area contributed by atoms with Crippen molar-refractivity contribution in [3.63, 3.8) is 0 Å². The van der Waals surface area contributed by atoms with E-state index in [4.69, 9.17) is 0 Å². The van der Waals surface area contributed by atoms with Crippen LogP contribution in [-0.4, -0.2) is 46.8 Å². The molecule has 0 aromatic rings. The maximum Gasteiger partial charge on any atom is 0.248 e. The van der Waals surface area contributed by atoms with Gasteiger partial charge in [-0.1, -0.05) is 26.2 Å². The Morgan fingerprint density at radius 3 is 2.61 bits per heavy atom. The van der Waals surface area contributed by atoms with E-state index in [-0.39, 0.29) is 18.4 Å². The van der Waals surface area contributed by atoms with E-state index in [9.17, 15) is 9.59 Å². The lowest BCUT2D eigenvalue weighted by Crippen LogP contribution is -2.67. The Hall–Kier alpha value is -0.710. The topological polar surface area (TPSA) is 49.4 Å². The van der Waals surface area contributed by atoms with E-state index >= 15 is 0 Å². The highest BCUT2D eigenvalue weighted by Gasteiger charge is 2.46. The molecule has 2 aliphatic rings. The second kappa shape index (κ2) is 5.51. The normalized spacial score (nSPS) is 25.1. The number of amides is 2. The molecule has 18 heavy (non-hydrogen) atoms. The van der Waals surface area contributed by atoms with Crippen LogP contribution < -0.4 is 5.32 Å². The van der Waals surface area contributed by atoms with E-state index in [1.54, 1.807) is 16.7 Å². The van der Waals surface area contributed by atoms with Gasteiger partial charge >= 0.3 is 0 Å². The molecular formula is C13H22N2O2S. The number of piperazine rings is 1. The highest BCUT2D eigenvalue weighted by atomic mass is 32.2. The zero-order chi connectivity index (χ0) is 13.2. The van der Waals surface area contributed by atoms with Crippen molar-refractivity contribution in [1.29, 1.82) is 0 Å². The van der Waals surface area contributed by atoms with Crippen molar-refractivity contribution < 1.29 is 9.59 Å². The van der Waals surface area contributed by atoms with E-state index in [0.717, 1.165) is 25.7 Å². The van der Waals surface area contributed by atoms with Gasteiger partial charge in [0.25, 0.3) is 0 Å². The summed E-state index contributed by atoms with van der Waals surface area (Å²) >= 11 is 1.73. The number of nitrogens with one attached hydrogen (secondary N) is 1. The summed E-state index contributed by atoms with van der Waals surface area (Å²) in [7, 11) is 0. The van der Waals surface area contributed by atoms with E-state index in [1.165, 1.54) is 6.42 Å². The first kappa shape index (κ1) is 13.7. The highest BCUT2D eigenvalue weighted by Crippen LogP contribution is 2.32. The molecule has 1 saturated carbocycles. The summed E-state index contributed by atoms with van der Waals surface area (Å²) in [4.78, 5) is 26.2. The number of hydrogen-bond acceptors (Lipinski definition) is 3. The molecule has 1 aliphatic heterocycles. The van der Waals surface area contributed by atoms with Crippen molar-refractivity contribution >= 4 is 23.6 Å². The SMILES string of the molecule is CSC(C)CN1CC(=O)NC2(CCCCC2)C1=O. The second-order valence-corrected chi connectivity index (χ2v) is 6.70. The van der Waals surface area contributed by atoms with Gasteiger partial charge in [0.1, 0.15) is 5.54 Å². The molecular weight excluding hydrogens is 248 g/mol. The maximum atomic E-state index is 12.6. The molecule has 0 aromatic carbocycles. The summed E-state index contributed by atoms with van der Waals surface area (Å²) in [5.74, 6) is 0.146. The average molecular weight is 270 g/mol. The molecule has 1 aliphatic carbocycles.